The first kappa shape index (κ1) is 19.4. The lowest BCUT2D eigenvalue weighted by Gasteiger charge is -2.35. The third kappa shape index (κ3) is 3.34. The summed E-state index contributed by atoms with van der Waals surface area (Å²) in [6, 6.07) is 8.30. The van der Waals surface area contributed by atoms with E-state index in [1.165, 1.54) is 0 Å². The van der Waals surface area contributed by atoms with Gasteiger partial charge < -0.3 is 24.5 Å². The quantitative estimate of drug-likeness (QED) is 0.503. The number of hydrogen-bond donors (Lipinski definition) is 2. The van der Waals surface area contributed by atoms with Crippen LogP contribution in [0.25, 0.3) is 33.1 Å². The van der Waals surface area contributed by atoms with Crippen LogP contribution in [0.1, 0.15) is 25.7 Å². The fraction of sp³-hybridized carbons (Fsp3) is 0.391. The number of hydrogen-bond acceptors (Lipinski definition) is 8. The van der Waals surface area contributed by atoms with Gasteiger partial charge in [0.2, 0.25) is 11.8 Å². The van der Waals surface area contributed by atoms with Gasteiger partial charge in [-0.15, -0.1) is 0 Å². The van der Waals surface area contributed by atoms with Gasteiger partial charge in [-0.1, -0.05) is 6.07 Å². The highest BCUT2D eigenvalue weighted by molar-refractivity contribution is 5.99. The maximum absolute atomic E-state index is 5.83. The second-order valence-electron chi connectivity index (χ2n) is 8.31. The molecule has 9 nitrogen and oxygen atoms in total. The molecule has 3 aromatic heterocycles. The molecule has 0 unspecified atom stereocenters. The predicted molar refractivity (Wildman–Crippen MR) is 119 cm³/mol. The summed E-state index contributed by atoms with van der Waals surface area (Å²) in [4.78, 5) is 12.7. The molecule has 2 N–H and O–H groups in total. The summed E-state index contributed by atoms with van der Waals surface area (Å²) >= 11 is 0. The number of benzene rings is 1. The van der Waals surface area contributed by atoms with E-state index in [9.17, 15) is 0 Å². The number of nitrogens with one attached hydrogen (secondary N) is 2. The zero-order valence-corrected chi connectivity index (χ0v) is 17.8. The van der Waals surface area contributed by atoms with Crippen LogP contribution in [0.4, 0.5) is 5.95 Å². The molecule has 1 aliphatic carbocycles. The predicted octanol–water partition coefficient (Wildman–Crippen LogP) is 3.67. The highest BCUT2D eigenvalue weighted by Gasteiger charge is 2.40. The number of fused-ring (bicyclic) bond motifs is 2. The van der Waals surface area contributed by atoms with Gasteiger partial charge in [0.25, 0.3) is 0 Å². The Morgan fingerprint density at radius 3 is 2.78 bits per heavy atom. The van der Waals surface area contributed by atoms with Gasteiger partial charge in [-0.2, -0.15) is 20.2 Å². The van der Waals surface area contributed by atoms with E-state index in [2.05, 4.69) is 31.5 Å². The number of rotatable bonds is 4. The van der Waals surface area contributed by atoms with E-state index >= 15 is 0 Å². The SMILES string of the molecule is COc1nc(NC2CCC3(CC2)OCCO3)nc2[nH]cc(-c3ccc4nnccc4c3)c12. The second-order valence-corrected chi connectivity index (χ2v) is 8.31. The molecule has 164 valence electrons. The maximum atomic E-state index is 5.83. The number of H-pyrrole nitrogens is 1. The van der Waals surface area contributed by atoms with Gasteiger partial charge in [-0.3, -0.25) is 0 Å². The summed E-state index contributed by atoms with van der Waals surface area (Å²) in [5, 5.41) is 13.5. The van der Waals surface area contributed by atoms with Crippen molar-refractivity contribution < 1.29 is 14.2 Å². The summed E-state index contributed by atoms with van der Waals surface area (Å²) < 4.78 is 17.3. The highest BCUT2D eigenvalue weighted by atomic mass is 16.7. The minimum Gasteiger partial charge on any atom is -0.480 e. The van der Waals surface area contributed by atoms with Crippen LogP contribution in [0, 0.1) is 0 Å². The van der Waals surface area contributed by atoms with Crippen molar-refractivity contribution in [3.8, 4) is 17.0 Å². The summed E-state index contributed by atoms with van der Waals surface area (Å²) in [7, 11) is 1.64. The monoisotopic (exact) mass is 432 g/mol. The van der Waals surface area contributed by atoms with Crippen molar-refractivity contribution in [2.75, 3.05) is 25.6 Å². The van der Waals surface area contributed by atoms with Crippen LogP contribution >= 0.6 is 0 Å². The molecular weight excluding hydrogens is 408 g/mol. The van der Waals surface area contributed by atoms with Gasteiger partial charge in [0, 0.05) is 36.0 Å². The van der Waals surface area contributed by atoms with Crippen LogP contribution < -0.4 is 10.1 Å². The van der Waals surface area contributed by atoms with E-state index in [0.717, 1.165) is 58.7 Å². The van der Waals surface area contributed by atoms with E-state index in [1.807, 2.05) is 24.4 Å². The van der Waals surface area contributed by atoms with Crippen LogP contribution in [0.3, 0.4) is 0 Å². The molecule has 0 atom stereocenters. The third-order valence-corrected chi connectivity index (χ3v) is 6.41. The van der Waals surface area contributed by atoms with Crippen LogP contribution in [0.5, 0.6) is 5.88 Å². The van der Waals surface area contributed by atoms with Gasteiger partial charge in [-0.25, -0.2) is 0 Å². The Kier molecular flexibility index (Phi) is 4.65. The molecule has 0 radical (unpaired) electrons. The molecule has 1 spiro atoms. The fourth-order valence-corrected chi connectivity index (χ4v) is 4.77. The molecule has 1 aliphatic heterocycles. The van der Waals surface area contributed by atoms with Crippen molar-refractivity contribution in [3.63, 3.8) is 0 Å². The normalized spacial score (nSPS) is 18.5. The van der Waals surface area contributed by atoms with E-state index in [1.54, 1.807) is 13.3 Å². The van der Waals surface area contributed by atoms with Crippen LogP contribution in [0.2, 0.25) is 0 Å². The molecular formula is C23H24N6O3. The van der Waals surface area contributed by atoms with E-state index in [-0.39, 0.29) is 11.8 Å². The molecule has 2 fully saturated rings. The number of nitrogens with zero attached hydrogens (tertiary/aromatic N) is 4. The lowest BCUT2D eigenvalue weighted by molar-refractivity contribution is -0.177. The average Bonchev–Trinajstić information content (AvgIpc) is 3.47. The first-order chi connectivity index (χ1) is 15.7. The number of anilines is 1. The number of aromatic nitrogens is 5. The Morgan fingerprint density at radius 2 is 1.97 bits per heavy atom. The molecule has 1 saturated carbocycles. The second kappa shape index (κ2) is 7.68. The lowest BCUT2D eigenvalue weighted by atomic mass is 9.90. The first-order valence-electron chi connectivity index (χ1n) is 10.9. The molecule has 1 saturated heterocycles. The van der Waals surface area contributed by atoms with E-state index in [0.29, 0.717) is 25.0 Å². The zero-order valence-electron chi connectivity index (χ0n) is 17.8. The molecule has 0 amide bonds. The Bertz CT molecular complexity index is 1270. The fourth-order valence-electron chi connectivity index (χ4n) is 4.77. The Balaban J connectivity index is 1.29. The van der Waals surface area contributed by atoms with Crippen molar-refractivity contribution in [2.24, 2.45) is 0 Å². The van der Waals surface area contributed by atoms with Gasteiger partial charge in [0.1, 0.15) is 5.65 Å². The summed E-state index contributed by atoms with van der Waals surface area (Å²) in [6.45, 7) is 1.38. The Labute approximate surface area is 184 Å². The standard InChI is InChI=1S/C23H24N6O3/c1-30-21-19-17(14-2-3-18-15(12-14)6-9-25-29-18)13-24-20(19)27-22(28-21)26-16-4-7-23(8-5-16)31-10-11-32-23/h2-3,6,9,12-13,16H,4-5,7-8,10-11H2,1H3,(H2,24,26,27,28). The highest BCUT2D eigenvalue weighted by Crippen LogP contribution is 2.38. The summed E-state index contributed by atoms with van der Waals surface area (Å²) in [5.41, 5.74) is 3.61. The van der Waals surface area contributed by atoms with Crippen molar-refractivity contribution in [2.45, 2.75) is 37.5 Å². The average molecular weight is 432 g/mol. The molecule has 4 heterocycles. The molecule has 6 rings (SSSR count). The van der Waals surface area contributed by atoms with E-state index in [4.69, 9.17) is 19.2 Å². The van der Waals surface area contributed by atoms with Crippen LogP contribution in [0.15, 0.2) is 36.7 Å². The maximum Gasteiger partial charge on any atom is 0.228 e. The molecule has 2 aliphatic rings. The largest absolute Gasteiger partial charge is 0.480 e. The topological polar surface area (TPSA) is 107 Å². The number of methoxy groups -OCH3 is 1. The van der Waals surface area contributed by atoms with Crippen molar-refractivity contribution in [1.29, 1.82) is 0 Å². The Morgan fingerprint density at radius 1 is 1.12 bits per heavy atom. The van der Waals surface area contributed by atoms with Crippen molar-refractivity contribution in [1.82, 2.24) is 25.1 Å². The molecule has 9 heteroatoms. The van der Waals surface area contributed by atoms with Gasteiger partial charge in [0.05, 0.1) is 37.4 Å². The minimum absolute atomic E-state index is 0.270. The van der Waals surface area contributed by atoms with Crippen molar-refractivity contribution in [3.05, 3.63) is 36.7 Å². The summed E-state index contributed by atoms with van der Waals surface area (Å²) in [5.74, 6) is 0.725. The van der Waals surface area contributed by atoms with Gasteiger partial charge in [-0.05, 0) is 36.6 Å². The Hall–Kier alpha value is -3.30. The molecule has 32 heavy (non-hydrogen) atoms. The molecule has 4 aromatic rings. The third-order valence-electron chi connectivity index (χ3n) is 6.41. The van der Waals surface area contributed by atoms with Crippen LogP contribution in [-0.4, -0.2) is 57.3 Å². The van der Waals surface area contributed by atoms with Gasteiger partial charge in [0.15, 0.2) is 5.79 Å². The van der Waals surface area contributed by atoms with Crippen LogP contribution in [-0.2, 0) is 9.47 Å². The molecule has 0 bridgehead atoms. The summed E-state index contributed by atoms with van der Waals surface area (Å²) in [6.07, 6.45) is 7.28. The number of ether oxygens (including phenoxy) is 3. The zero-order chi connectivity index (χ0) is 21.5. The minimum atomic E-state index is -0.375. The smallest absolute Gasteiger partial charge is 0.228 e. The first-order valence-corrected chi connectivity index (χ1v) is 10.9. The van der Waals surface area contributed by atoms with E-state index < -0.39 is 0 Å². The van der Waals surface area contributed by atoms with Crippen molar-refractivity contribution >= 4 is 27.9 Å². The van der Waals surface area contributed by atoms with Gasteiger partial charge >= 0.3 is 0 Å². The number of aromatic amines is 1. The lowest BCUT2D eigenvalue weighted by Crippen LogP contribution is -2.39. The molecule has 1 aromatic carbocycles.